The Balaban J connectivity index is 1.69. The number of hydrogen-bond acceptors (Lipinski definition) is 5. The summed E-state index contributed by atoms with van der Waals surface area (Å²) in [6, 6.07) is 10.7. The fourth-order valence-electron chi connectivity index (χ4n) is 4.09. The first-order valence-corrected chi connectivity index (χ1v) is 10.7. The third-order valence-electron chi connectivity index (χ3n) is 5.56. The molecule has 3 N–H and O–H groups in total. The number of nitrogens with one attached hydrogen (secondary N) is 1. The Hall–Kier alpha value is -2.68. The summed E-state index contributed by atoms with van der Waals surface area (Å²) in [4.78, 5) is 11.5. The van der Waals surface area contributed by atoms with Gasteiger partial charge in [0, 0.05) is 23.5 Å². The lowest BCUT2D eigenvalue weighted by Gasteiger charge is -2.22. The summed E-state index contributed by atoms with van der Waals surface area (Å²) in [5.74, 6) is -1.20. The second-order valence-electron chi connectivity index (χ2n) is 7.45. The lowest BCUT2D eigenvalue weighted by Crippen LogP contribution is -2.43. The Bertz CT molecular complexity index is 1090. The van der Waals surface area contributed by atoms with Gasteiger partial charge >= 0.3 is 5.97 Å². The van der Waals surface area contributed by atoms with Crippen LogP contribution in [0.1, 0.15) is 29.0 Å². The van der Waals surface area contributed by atoms with Gasteiger partial charge in [0.15, 0.2) is 0 Å². The molecule has 2 aromatic rings. The molecule has 8 heteroatoms. The van der Waals surface area contributed by atoms with Crippen LogP contribution in [0.2, 0.25) is 0 Å². The molecular formula is C21H21NO6S. The molecule has 4 unspecified atom stereocenters. The van der Waals surface area contributed by atoms with E-state index in [0.717, 1.165) is 5.56 Å². The SMILES string of the molecule is C=C(C(=O)O)c1cccc2c1OC1CC(O)C(NS(=O)(=O)c3ccc(C)cc3)C21. The Kier molecular flexibility index (Phi) is 4.72. The molecule has 0 aromatic heterocycles. The minimum Gasteiger partial charge on any atom is -0.489 e. The number of carboxylic acids is 1. The first-order chi connectivity index (χ1) is 13.7. The molecule has 4 rings (SSSR count). The molecule has 29 heavy (non-hydrogen) atoms. The number of aliphatic carboxylic acids is 1. The van der Waals surface area contributed by atoms with Crippen LogP contribution in [-0.4, -0.2) is 42.8 Å². The molecule has 1 fully saturated rings. The molecule has 1 aliphatic heterocycles. The average Bonchev–Trinajstić information content (AvgIpc) is 3.17. The van der Waals surface area contributed by atoms with Crippen LogP contribution in [0.5, 0.6) is 5.75 Å². The lowest BCUT2D eigenvalue weighted by atomic mass is 9.91. The number of carbonyl (C=O) groups is 1. The molecular weight excluding hydrogens is 394 g/mol. The number of benzene rings is 2. The van der Waals surface area contributed by atoms with E-state index in [-0.39, 0.29) is 16.9 Å². The van der Waals surface area contributed by atoms with Gasteiger partial charge in [0.2, 0.25) is 10.0 Å². The molecule has 0 amide bonds. The molecule has 7 nitrogen and oxygen atoms in total. The van der Waals surface area contributed by atoms with Crippen molar-refractivity contribution in [3.63, 3.8) is 0 Å². The quantitative estimate of drug-likeness (QED) is 0.644. The maximum Gasteiger partial charge on any atom is 0.335 e. The van der Waals surface area contributed by atoms with Crippen molar-refractivity contribution < 1.29 is 28.2 Å². The predicted octanol–water partition coefficient (Wildman–Crippen LogP) is 2.05. The van der Waals surface area contributed by atoms with Gasteiger partial charge in [-0.1, -0.05) is 42.5 Å². The number of rotatable bonds is 5. The number of fused-ring (bicyclic) bond motifs is 3. The van der Waals surface area contributed by atoms with Crippen molar-refractivity contribution in [3.8, 4) is 5.75 Å². The molecule has 1 aliphatic carbocycles. The van der Waals surface area contributed by atoms with Crippen LogP contribution < -0.4 is 9.46 Å². The molecule has 1 saturated carbocycles. The zero-order valence-corrected chi connectivity index (χ0v) is 16.5. The second-order valence-corrected chi connectivity index (χ2v) is 9.17. The maximum absolute atomic E-state index is 12.9. The monoisotopic (exact) mass is 415 g/mol. The summed E-state index contributed by atoms with van der Waals surface area (Å²) < 4.78 is 34.3. The first-order valence-electron chi connectivity index (χ1n) is 9.18. The van der Waals surface area contributed by atoms with Gasteiger partial charge in [-0.15, -0.1) is 0 Å². The van der Waals surface area contributed by atoms with Crippen LogP contribution in [-0.2, 0) is 14.8 Å². The van der Waals surface area contributed by atoms with Crippen molar-refractivity contribution in [2.24, 2.45) is 0 Å². The van der Waals surface area contributed by atoms with E-state index in [9.17, 15) is 23.4 Å². The van der Waals surface area contributed by atoms with Gasteiger partial charge in [0.05, 0.1) is 22.6 Å². The summed E-state index contributed by atoms with van der Waals surface area (Å²) >= 11 is 0. The summed E-state index contributed by atoms with van der Waals surface area (Å²) in [7, 11) is -3.85. The summed E-state index contributed by atoms with van der Waals surface area (Å²) in [5, 5.41) is 19.8. The van der Waals surface area contributed by atoms with E-state index in [1.807, 2.05) is 6.92 Å². The Morgan fingerprint density at radius 2 is 1.90 bits per heavy atom. The summed E-state index contributed by atoms with van der Waals surface area (Å²) in [6.07, 6.45) is -1.14. The predicted molar refractivity (Wildman–Crippen MR) is 106 cm³/mol. The molecule has 4 atom stereocenters. The number of carboxylic acid groups (broad SMARTS) is 1. The fourth-order valence-corrected chi connectivity index (χ4v) is 5.38. The zero-order valence-electron chi connectivity index (χ0n) is 15.7. The van der Waals surface area contributed by atoms with Crippen LogP contribution in [0.15, 0.2) is 53.9 Å². The topological polar surface area (TPSA) is 113 Å². The zero-order chi connectivity index (χ0) is 20.9. The highest BCUT2D eigenvalue weighted by Crippen LogP contribution is 2.49. The van der Waals surface area contributed by atoms with Gasteiger partial charge in [-0.25, -0.2) is 17.9 Å². The standard InChI is InChI=1S/C21H21NO6S/c1-11-6-8-13(9-7-11)29(26,27)22-19-16(23)10-17-18(19)15-5-3-4-14(20(15)28-17)12(2)21(24)25/h3-9,16-19,22-23H,2,10H2,1H3,(H,24,25). The summed E-state index contributed by atoms with van der Waals surface area (Å²) in [5.41, 5.74) is 1.87. The molecule has 0 radical (unpaired) electrons. The Morgan fingerprint density at radius 3 is 2.55 bits per heavy atom. The smallest absolute Gasteiger partial charge is 0.335 e. The molecule has 2 aliphatic rings. The fraction of sp³-hybridized carbons (Fsp3) is 0.286. The van der Waals surface area contributed by atoms with Crippen molar-refractivity contribution in [2.75, 3.05) is 0 Å². The van der Waals surface area contributed by atoms with E-state index in [1.165, 1.54) is 12.1 Å². The van der Waals surface area contributed by atoms with Crippen LogP contribution in [0.4, 0.5) is 0 Å². The van der Waals surface area contributed by atoms with Gasteiger partial charge in [-0.05, 0) is 19.1 Å². The molecule has 152 valence electrons. The number of para-hydroxylation sites is 1. The Morgan fingerprint density at radius 1 is 1.21 bits per heavy atom. The van der Waals surface area contributed by atoms with Crippen LogP contribution in [0, 0.1) is 6.92 Å². The number of aliphatic hydroxyl groups is 1. The van der Waals surface area contributed by atoms with E-state index >= 15 is 0 Å². The lowest BCUT2D eigenvalue weighted by molar-refractivity contribution is -0.130. The van der Waals surface area contributed by atoms with Gasteiger partial charge < -0.3 is 14.9 Å². The van der Waals surface area contributed by atoms with Gasteiger partial charge in [-0.2, -0.15) is 0 Å². The van der Waals surface area contributed by atoms with Crippen molar-refractivity contribution in [1.29, 1.82) is 0 Å². The first kappa shape index (κ1) is 19.6. The van der Waals surface area contributed by atoms with E-state index in [4.69, 9.17) is 4.74 Å². The van der Waals surface area contributed by atoms with Crippen molar-refractivity contribution in [3.05, 3.63) is 65.7 Å². The molecule has 0 saturated heterocycles. The minimum atomic E-state index is -3.85. The number of sulfonamides is 1. The van der Waals surface area contributed by atoms with E-state index in [0.29, 0.717) is 16.9 Å². The largest absolute Gasteiger partial charge is 0.489 e. The third kappa shape index (κ3) is 3.33. The Labute approximate surface area is 168 Å². The second kappa shape index (κ2) is 6.98. The molecule has 2 aromatic carbocycles. The minimum absolute atomic E-state index is 0.0980. The summed E-state index contributed by atoms with van der Waals surface area (Å²) in [6.45, 7) is 5.46. The van der Waals surface area contributed by atoms with E-state index < -0.39 is 40.2 Å². The maximum atomic E-state index is 12.9. The third-order valence-corrected chi connectivity index (χ3v) is 7.03. The van der Waals surface area contributed by atoms with Crippen LogP contribution >= 0.6 is 0 Å². The number of aryl methyl sites for hydroxylation is 1. The number of ether oxygens (including phenoxy) is 1. The highest BCUT2D eigenvalue weighted by atomic mass is 32.2. The van der Waals surface area contributed by atoms with E-state index in [1.54, 1.807) is 30.3 Å². The van der Waals surface area contributed by atoms with Gasteiger partial charge in [-0.3, -0.25) is 0 Å². The normalized spacial score (nSPS) is 25.2. The van der Waals surface area contributed by atoms with Crippen LogP contribution in [0.3, 0.4) is 0 Å². The van der Waals surface area contributed by atoms with E-state index in [2.05, 4.69) is 11.3 Å². The number of hydrogen-bond donors (Lipinski definition) is 3. The van der Waals surface area contributed by atoms with Crippen molar-refractivity contribution in [2.45, 2.75) is 42.4 Å². The average molecular weight is 415 g/mol. The van der Waals surface area contributed by atoms with Crippen molar-refractivity contribution >= 4 is 21.6 Å². The molecule has 0 bridgehead atoms. The highest BCUT2D eigenvalue weighted by molar-refractivity contribution is 7.89. The highest BCUT2D eigenvalue weighted by Gasteiger charge is 2.51. The van der Waals surface area contributed by atoms with Gasteiger partial charge in [0.25, 0.3) is 0 Å². The van der Waals surface area contributed by atoms with Crippen LogP contribution in [0.25, 0.3) is 5.57 Å². The van der Waals surface area contributed by atoms with Crippen molar-refractivity contribution in [1.82, 2.24) is 4.72 Å². The molecule has 1 heterocycles. The number of aliphatic hydroxyl groups excluding tert-OH is 1. The molecule has 0 spiro atoms. The van der Waals surface area contributed by atoms with Gasteiger partial charge in [0.1, 0.15) is 11.9 Å².